The van der Waals surface area contributed by atoms with E-state index in [1.54, 1.807) is 6.07 Å². The van der Waals surface area contributed by atoms with Crippen molar-refractivity contribution in [1.29, 1.82) is 0 Å². The Morgan fingerprint density at radius 3 is 2.18 bits per heavy atom. The highest BCUT2D eigenvalue weighted by molar-refractivity contribution is 5.74. The number of benzene rings is 1. The molecule has 1 fully saturated rings. The van der Waals surface area contributed by atoms with E-state index >= 15 is 0 Å². The van der Waals surface area contributed by atoms with Crippen LogP contribution in [0.3, 0.4) is 0 Å². The molecule has 0 saturated heterocycles. The van der Waals surface area contributed by atoms with Crippen molar-refractivity contribution in [2.45, 2.75) is 83.4 Å². The number of carbonyl (C=O) groups is 1. The maximum atomic E-state index is 13.5. The van der Waals surface area contributed by atoms with Crippen molar-refractivity contribution in [1.82, 2.24) is 9.88 Å². The van der Waals surface area contributed by atoms with E-state index in [4.69, 9.17) is 4.74 Å². The van der Waals surface area contributed by atoms with Crippen LogP contribution in [0.5, 0.6) is 5.88 Å². The summed E-state index contributed by atoms with van der Waals surface area (Å²) in [4.78, 5) is 21.2. The Labute approximate surface area is 224 Å². The SMILES string of the molecule is CCC1CC(N(Cc2cc(C(F)(F)F)cc(C(F)(F)F)c2)C(C)=O)c2nc(OC)ccc2N1CC1CCCC1. The van der Waals surface area contributed by atoms with Crippen LogP contribution in [-0.2, 0) is 23.7 Å². The maximum Gasteiger partial charge on any atom is 0.416 e. The molecular weight excluding hydrogens is 524 g/mol. The van der Waals surface area contributed by atoms with Crippen LogP contribution in [0.15, 0.2) is 30.3 Å². The minimum Gasteiger partial charge on any atom is -0.481 e. The number of methoxy groups -OCH3 is 1. The van der Waals surface area contributed by atoms with E-state index in [-0.39, 0.29) is 17.7 Å². The molecule has 214 valence electrons. The Kier molecular flexibility index (Phi) is 8.37. The van der Waals surface area contributed by atoms with Gasteiger partial charge in [0.2, 0.25) is 11.8 Å². The highest BCUT2D eigenvalue weighted by Gasteiger charge is 2.40. The number of anilines is 1. The van der Waals surface area contributed by atoms with Gasteiger partial charge in [-0.2, -0.15) is 26.3 Å². The number of alkyl halides is 6. The van der Waals surface area contributed by atoms with Gasteiger partial charge in [0.05, 0.1) is 35.7 Å². The third-order valence-electron chi connectivity index (χ3n) is 7.83. The molecule has 2 unspecified atom stereocenters. The molecule has 4 rings (SSSR count). The lowest BCUT2D eigenvalue weighted by molar-refractivity contribution is -0.143. The first-order chi connectivity index (χ1) is 18.3. The molecule has 1 aliphatic carbocycles. The van der Waals surface area contributed by atoms with Crippen LogP contribution < -0.4 is 9.64 Å². The molecule has 0 radical (unpaired) electrons. The van der Waals surface area contributed by atoms with Crippen LogP contribution in [0.1, 0.15) is 80.8 Å². The lowest BCUT2D eigenvalue weighted by Gasteiger charge is -2.45. The minimum atomic E-state index is -4.97. The molecule has 39 heavy (non-hydrogen) atoms. The van der Waals surface area contributed by atoms with Gasteiger partial charge in [-0.3, -0.25) is 4.79 Å². The van der Waals surface area contributed by atoms with Crippen LogP contribution in [0.2, 0.25) is 0 Å². The van der Waals surface area contributed by atoms with Crippen molar-refractivity contribution >= 4 is 11.6 Å². The molecular formula is C28H33F6N3O2. The zero-order chi connectivity index (χ0) is 28.5. The minimum absolute atomic E-state index is 0.0207. The highest BCUT2D eigenvalue weighted by atomic mass is 19.4. The van der Waals surface area contributed by atoms with E-state index in [1.165, 1.54) is 31.8 Å². The quantitative estimate of drug-likeness (QED) is 0.333. The topological polar surface area (TPSA) is 45.7 Å². The summed E-state index contributed by atoms with van der Waals surface area (Å²) in [5.41, 5.74) is -1.71. The van der Waals surface area contributed by atoms with E-state index in [0.717, 1.165) is 31.5 Å². The second-order valence-electron chi connectivity index (χ2n) is 10.4. The summed E-state index contributed by atoms with van der Waals surface area (Å²) < 4.78 is 86.3. The highest BCUT2D eigenvalue weighted by Crippen LogP contribution is 2.44. The summed E-state index contributed by atoms with van der Waals surface area (Å²) in [5.74, 6) is 0.373. The van der Waals surface area contributed by atoms with Gasteiger partial charge in [0.15, 0.2) is 0 Å². The summed E-state index contributed by atoms with van der Waals surface area (Å²) in [5, 5.41) is 0. The van der Waals surface area contributed by atoms with Gasteiger partial charge >= 0.3 is 12.4 Å². The van der Waals surface area contributed by atoms with Gasteiger partial charge < -0.3 is 14.5 Å². The zero-order valence-electron chi connectivity index (χ0n) is 22.2. The molecule has 1 amide bonds. The van der Waals surface area contributed by atoms with Crippen molar-refractivity contribution in [3.8, 4) is 5.88 Å². The standard InChI is InChI=1S/C28H33F6N3O2/c1-4-22-14-24(26-23(9-10-25(35-26)39-3)37(22)15-18-7-5-6-8-18)36(17(2)38)16-19-11-20(27(29,30)31)13-21(12-19)28(32,33)34/h9-13,18,22,24H,4-8,14-16H2,1-3H3. The third-order valence-corrected chi connectivity index (χ3v) is 7.83. The first-order valence-electron chi connectivity index (χ1n) is 13.2. The third kappa shape index (κ3) is 6.44. The molecule has 0 N–H and O–H groups in total. The zero-order valence-corrected chi connectivity index (χ0v) is 22.2. The summed E-state index contributed by atoms with van der Waals surface area (Å²) in [6.45, 7) is 3.70. The molecule has 2 aliphatic rings. The molecule has 0 bridgehead atoms. The molecule has 11 heteroatoms. The molecule has 2 atom stereocenters. The number of rotatable bonds is 7. The normalized spacial score (nSPS) is 20.2. The lowest BCUT2D eigenvalue weighted by Crippen LogP contribution is -2.47. The average molecular weight is 558 g/mol. The van der Waals surface area contributed by atoms with E-state index < -0.39 is 42.0 Å². The summed E-state index contributed by atoms with van der Waals surface area (Å²) in [6.07, 6.45) is -4.13. The van der Waals surface area contributed by atoms with Crippen molar-refractivity contribution < 1.29 is 35.9 Å². The molecule has 1 aliphatic heterocycles. The number of hydrogen-bond donors (Lipinski definition) is 0. The van der Waals surface area contributed by atoms with Gasteiger partial charge in [-0.15, -0.1) is 0 Å². The first-order valence-corrected chi connectivity index (χ1v) is 13.2. The van der Waals surface area contributed by atoms with Gasteiger partial charge in [0, 0.05) is 32.1 Å². The molecule has 2 aromatic rings. The fraction of sp³-hybridized carbons (Fsp3) is 0.571. The second-order valence-corrected chi connectivity index (χ2v) is 10.4. The molecule has 1 saturated carbocycles. The second kappa shape index (κ2) is 11.3. The maximum absolute atomic E-state index is 13.5. The number of aromatic nitrogens is 1. The summed E-state index contributed by atoms with van der Waals surface area (Å²) in [7, 11) is 1.46. The van der Waals surface area contributed by atoms with E-state index in [0.29, 0.717) is 36.0 Å². The van der Waals surface area contributed by atoms with Gasteiger partial charge in [0.1, 0.15) is 0 Å². The Bertz CT molecular complexity index is 1140. The van der Waals surface area contributed by atoms with Gasteiger partial charge in [-0.25, -0.2) is 4.98 Å². The number of hydrogen-bond acceptors (Lipinski definition) is 4. The molecule has 1 aromatic heterocycles. The fourth-order valence-corrected chi connectivity index (χ4v) is 5.87. The Balaban J connectivity index is 1.76. The number of ether oxygens (including phenoxy) is 1. The predicted octanol–water partition coefficient (Wildman–Crippen LogP) is 7.40. The van der Waals surface area contributed by atoms with Gasteiger partial charge in [-0.05, 0) is 61.4 Å². The van der Waals surface area contributed by atoms with Crippen molar-refractivity contribution in [2.24, 2.45) is 5.92 Å². The lowest BCUT2D eigenvalue weighted by atomic mass is 9.90. The first kappa shape index (κ1) is 29.0. The number of pyridine rings is 1. The molecule has 5 nitrogen and oxygen atoms in total. The van der Waals surface area contributed by atoms with Gasteiger partial charge in [0.25, 0.3) is 0 Å². The summed E-state index contributed by atoms with van der Waals surface area (Å²) in [6, 6.07) is 4.44. The van der Waals surface area contributed by atoms with Crippen LogP contribution in [0, 0.1) is 5.92 Å². The Morgan fingerprint density at radius 1 is 1.05 bits per heavy atom. The van der Waals surface area contributed by atoms with Gasteiger partial charge in [-0.1, -0.05) is 19.8 Å². The van der Waals surface area contributed by atoms with Crippen LogP contribution in [0.4, 0.5) is 32.0 Å². The number of fused-ring (bicyclic) bond motifs is 1. The van der Waals surface area contributed by atoms with E-state index in [1.807, 2.05) is 13.0 Å². The predicted molar refractivity (Wildman–Crippen MR) is 134 cm³/mol. The van der Waals surface area contributed by atoms with Crippen molar-refractivity contribution in [3.05, 3.63) is 52.7 Å². The number of amides is 1. The monoisotopic (exact) mass is 557 g/mol. The van der Waals surface area contributed by atoms with Crippen LogP contribution >= 0.6 is 0 Å². The fourth-order valence-electron chi connectivity index (χ4n) is 5.87. The number of carbonyl (C=O) groups excluding carboxylic acids is 1. The molecule has 1 aromatic carbocycles. The largest absolute Gasteiger partial charge is 0.481 e. The van der Waals surface area contributed by atoms with Crippen molar-refractivity contribution in [2.75, 3.05) is 18.6 Å². The smallest absolute Gasteiger partial charge is 0.416 e. The molecule has 2 heterocycles. The Hall–Kier alpha value is -2.98. The Morgan fingerprint density at radius 2 is 1.67 bits per heavy atom. The van der Waals surface area contributed by atoms with E-state index in [2.05, 4.69) is 9.88 Å². The summed E-state index contributed by atoms with van der Waals surface area (Å²) >= 11 is 0. The number of halogens is 6. The van der Waals surface area contributed by atoms with E-state index in [9.17, 15) is 31.1 Å². The average Bonchev–Trinajstić information content (AvgIpc) is 3.39. The van der Waals surface area contributed by atoms with Crippen LogP contribution in [0.25, 0.3) is 0 Å². The van der Waals surface area contributed by atoms with Crippen LogP contribution in [-0.4, -0.2) is 35.5 Å². The van der Waals surface area contributed by atoms with Crippen molar-refractivity contribution in [3.63, 3.8) is 0 Å². The number of nitrogens with zero attached hydrogens (tertiary/aromatic N) is 3. The molecule has 0 spiro atoms.